The maximum atomic E-state index is 13.5. The van der Waals surface area contributed by atoms with Crippen molar-refractivity contribution in [2.45, 2.75) is 58.6 Å². The van der Waals surface area contributed by atoms with Gasteiger partial charge in [-0.25, -0.2) is 4.98 Å². The maximum Gasteiger partial charge on any atom is 0.323 e. The number of carboxylic acids is 1. The third kappa shape index (κ3) is 7.55. The molecule has 1 amide bonds. The summed E-state index contributed by atoms with van der Waals surface area (Å²) in [5, 5.41) is 9.53. The lowest BCUT2D eigenvalue weighted by Crippen LogP contribution is -2.35. The molecule has 7 nitrogen and oxygen atoms in total. The molecule has 1 N–H and O–H groups in total. The van der Waals surface area contributed by atoms with E-state index in [2.05, 4.69) is 52.5 Å². The molecule has 3 aromatic carbocycles. The number of ether oxygens (including phenoxy) is 1. The van der Waals surface area contributed by atoms with Crippen LogP contribution in [0.4, 0.5) is 0 Å². The van der Waals surface area contributed by atoms with Gasteiger partial charge in [0.05, 0.1) is 22.5 Å². The summed E-state index contributed by atoms with van der Waals surface area (Å²) in [5.74, 6) is 0.642. The first-order valence-corrected chi connectivity index (χ1v) is 16.3. The number of benzene rings is 3. The third-order valence-electron chi connectivity index (χ3n) is 7.70. The summed E-state index contributed by atoms with van der Waals surface area (Å²) in [4.78, 5) is 32.4. The van der Waals surface area contributed by atoms with Crippen LogP contribution in [0.15, 0.2) is 84.9 Å². The maximum absolute atomic E-state index is 13.5. The second-order valence-corrected chi connectivity index (χ2v) is 12.5. The SMILES string of the molecule is CCCC(CCC)c1ccc(OCc2ccc(-c3ccc(C(=O)N(CC(=O)O)Cc4nc5ccccc5n4P)s3)cc2)cc1. The summed E-state index contributed by atoms with van der Waals surface area (Å²) >= 11 is 1.35. The predicted molar refractivity (Wildman–Crippen MR) is 180 cm³/mol. The van der Waals surface area contributed by atoms with Crippen LogP contribution in [0.1, 0.15) is 72.1 Å². The van der Waals surface area contributed by atoms with Gasteiger partial charge in [0.15, 0.2) is 0 Å². The predicted octanol–water partition coefficient (Wildman–Crippen LogP) is 8.39. The van der Waals surface area contributed by atoms with Crippen LogP contribution in [0.2, 0.25) is 0 Å². The summed E-state index contributed by atoms with van der Waals surface area (Å²) in [5.41, 5.74) is 5.09. The number of imidazole rings is 1. The summed E-state index contributed by atoms with van der Waals surface area (Å²) in [6, 6.07) is 27.9. The molecule has 1 atom stereocenters. The van der Waals surface area contributed by atoms with Crippen LogP contribution in [0.3, 0.4) is 0 Å². The van der Waals surface area contributed by atoms with E-state index in [9.17, 15) is 14.7 Å². The van der Waals surface area contributed by atoms with Crippen LogP contribution in [-0.4, -0.2) is 37.7 Å². The van der Waals surface area contributed by atoms with Crippen molar-refractivity contribution in [3.8, 4) is 16.2 Å². The first kappa shape index (κ1) is 31.4. The van der Waals surface area contributed by atoms with Crippen LogP contribution in [0, 0.1) is 0 Å². The van der Waals surface area contributed by atoms with Crippen LogP contribution < -0.4 is 4.74 Å². The molecule has 0 saturated carbocycles. The second kappa shape index (κ2) is 14.7. The molecule has 0 bridgehead atoms. The van der Waals surface area contributed by atoms with Gasteiger partial charge in [0.25, 0.3) is 5.91 Å². The molecule has 1 unspecified atom stereocenters. The highest BCUT2D eigenvalue weighted by atomic mass is 32.1. The number of fused-ring (bicyclic) bond motifs is 1. The van der Waals surface area contributed by atoms with Gasteiger partial charge in [-0.3, -0.25) is 9.59 Å². The lowest BCUT2D eigenvalue weighted by molar-refractivity contribution is -0.137. The van der Waals surface area contributed by atoms with Gasteiger partial charge in [0.1, 0.15) is 24.7 Å². The molecule has 0 saturated heterocycles. The first-order valence-electron chi connectivity index (χ1n) is 15.0. The highest BCUT2D eigenvalue weighted by Gasteiger charge is 2.23. The van der Waals surface area contributed by atoms with E-state index in [-0.39, 0.29) is 12.5 Å². The molecule has 0 aliphatic rings. The zero-order valence-corrected chi connectivity index (χ0v) is 27.1. The smallest absolute Gasteiger partial charge is 0.323 e. The molecule has 2 aromatic heterocycles. The fourth-order valence-corrected chi connectivity index (χ4v) is 6.78. The molecule has 0 aliphatic carbocycles. The van der Waals surface area contributed by atoms with Gasteiger partial charge < -0.3 is 19.1 Å². The van der Waals surface area contributed by atoms with E-state index in [0.717, 1.165) is 32.8 Å². The monoisotopic (exact) mass is 627 g/mol. The molecule has 228 valence electrons. The van der Waals surface area contributed by atoms with Crippen LogP contribution in [0.25, 0.3) is 21.5 Å². The molecule has 5 rings (SSSR count). The number of para-hydroxylation sites is 2. The molecule has 9 heteroatoms. The highest BCUT2D eigenvalue weighted by molar-refractivity contribution is 7.17. The minimum Gasteiger partial charge on any atom is -0.489 e. The number of carbonyl (C=O) groups excluding carboxylic acids is 1. The summed E-state index contributed by atoms with van der Waals surface area (Å²) < 4.78 is 7.87. The van der Waals surface area contributed by atoms with Gasteiger partial charge in [-0.05, 0) is 81.2 Å². The first-order chi connectivity index (χ1) is 21.4. The number of hydrogen-bond donors (Lipinski definition) is 1. The number of amides is 1. The summed E-state index contributed by atoms with van der Waals surface area (Å²) in [6.45, 7) is 4.60. The van der Waals surface area contributed by atoms with Crippen LogP contribution in [-0.2, 0) is 17.9 Å². The van der Waals surface area contributed by atoms with Crippen molar-refractivity contribution in [1.29, 1.82) is 0 Å². The molecule has 0 spiro atoms. The normalized spacial score (nSPS) is 11.3. The molecule has 0 fully saturated rings. The third-order valence-corrected chi connectivity index (χ3v) is 9.40. The number of carbonyl (C=O) groups is 2. The van der Waals surface area contributed by atoms with E-state index in [1.807, 2.05) is 58.9 Å². The van der Waals surface area contributed by atoms with Gasteiger partial charge in [0, 0.05) is 4.88 Å². The lowest BCUT2D eigenvalue weighted by Gasteiger charge is -2.19. The Kier molecular flexibility index (Phi) is 10.5. The van der Waals surface area contributed by atoms with E-state index < -0.39 is 12.5 Å². The van der Waals surface area contributed by atoms with Crippen LogP contribution >= 0.6 is 20.7 Å². The topological polar surface area (TPSA) is 84.7 Å². The van der Waals surface area contributed by atoms with E-state index in [0.29, 0.717) is 23.2 Å². The average molecular weight is 628 g/mol. The number of rotatable bonds is 14. The van der Waals surface area contributed by atoms with Crippen molar-refractivity contribution in [1.82, 2.24) is 14.2 Å². The Hall–Kier alpha value is -4.00. The number of thiophene rings is 1. The molecule has 5 aromatic rings. The standard InChI is InChI=1S/C35H38N3O4PS/c1-3-7-25(8-4-2)26-15-17-28(18-16-26)42-23-24-11-13-27(14-12-24)31-19-20-32(44-31)35(41)37(22-34(39)40)21-33-36-29-9-5-6-10-30(29)38(33)43/h5-6,9-20,25H,3-4,7-8,21-23,43H2,1-2H3,(H,39,40). The fourth-order valence-electron chi connectivity index (χ4n) is 5.45. The number of aliphatic carboxylic acids is 1. The Morgan fingerprint density at radius 2 is 1.66 bits per heavy atom. The van der Waals surface area contributed by atoms with Crippen molar-refractivity contribution >= 4 is 43.6 Å². The Balaban J connectivity index is 1.22. The van der Waals surface area contributed by atoms with E-state index >= 15 is 0 Å². The Morgan fingerprint density at radius 3 is 2.32 bits per heavy atom. The molecule has 44 heavy (non-hydrogen) atoms. The molecule has 0 radical (unpaired) electrons. The summed E-state index contributed by atoms with van der Waals surface area (Å²) in [7, 11) is 2.60. The number of nitrogens with zero attached hydrogens (tertiary/aromatic N) is 3. The molecular weight excluding hydrogens is 589 g/mol. The Bertz CT molecular complexity index is 1710. The minimum atomic E-state index is -1.08. The quantitative estimate of drug-likeness (QED) is 0.125. The number of aromatic nitrogens is 2. The van der Waals surface area contributed by atoms with Gasteiger partial charge >= 0.3 is 5.97 Å². The number of hydrogen-bond acceptors (Lipinski definition) is 5. The van der Waals surface area contributed by atoms with E-state index in [4.69, 9.17) is 4.74 Å². The van der Waals surface area contributed by atoms with Crippen molar-refractivity contribution in [3.63, 3.8) is 0 Å². The molecular formula is C35H38N3O4PS. The average Bonchev–Trinajstić information content (AvgIpc) is 3.65. The Morgan fingerprint density at radius 1 is 0.955 bits per heavy atom. The zero-order chi connectivity index (χ0) is 31.1. The summed E-state index contributed by atoms with van der Waals surface area (Å²) in [6.07, 6.45) is 4.80. The second-order valence-electron chi connectivity index (χ2n) is 10.9. The van der Waals surface area contributed by atoms with Crippen molar-refractivity contribution < 1.29 is 19.4 Å². The molecule has 2 heterocycles. The molecule has 0 aliphatic heterocycles. The number of carboxylic acid groups (broad SMARTS) is 1. The van der Waals surface area contributed by atoms with Gasteiger partial charge in [-0.2, -0.15) is 0 Å². The van der Waals surface area contributed by atoms with Crippen molar-refractivity contribution in [2.24, 2.45) is 0 Å². The van der Waals surface area contributed by atoms with Gasteiger partial charge in [0.2, 0.25) is 0 Å². The van der Waals surface area contributed by atoms with Gasteiger partial charge in [-0.1, -0.05) is 75.2 Å². The van der Waals surface area contributed by atoms with Crippen LogP contribution in [0.5, 0.6) is 5.75 Å². The van der Waals surface area contributed by atoms with Gasteiger partial charge in [-0.15, -0.1) is 11.3 Å². The lowest BCUT2D eigenvalue weighted by atomic mass is 9.90. The largest absolute Gasteiger partial charge is 0.489 e. The van der Waals surface area contributed by atoms with Crippen molar-refractivity contribution in [3.05, 3.63) is 107 Å². The fraction of sp³-hybridized carbons (Fsp3) is 0.286. The van der Waals surface area contributed by atoms with E-state index in [1.165, 1.54) is 47.5 Å². The minimum absolute atomic E-state index is 0.0754. The van der Waals surface area contributed by atoms with Crippen molar-refractivity contribution in [2.75, 3.05) is 6.54 Å². The Labute approximate surface area is 264 Å². The zero-order valence-electron chi connectivity index (χ0n) is 25.1. The highest BCUT2D eigenvalue weighted by Crippen LogP contribution is 2.31. The van der Waals surface area contributed by atoms with E-state index in [1.54, 1.807) is 6.07 Å².